The van der Waals surface area contributed by atoms with E-state index in [1.54, 1.807) is 6.92 Å². The third-order valence-electron chi connectivity index (χ3n) is 3.41. The van der Waals surface area contributed by atoms with Crippen LogP contribution >= 0.6 is 0 Å². The van der Waals surface area contributed by atoms with E-state index >= 15 is 0 Å². The molecule has 1 aliphatic carbocycles. The Morgan fingerprint density at radius 2 is 2.25 bits per heavy atom. The molecule has 3 N–H and O–H groups in total. The van der Waals surface area contributed by atoms with Crippen LogP contribution in [0.25, 0.3) is 0 Å². The largest absolute Gasteiger partial charge is 0.492 e. The van der Waals surface area contributed by atoms with Gasteiger partial charge >= 0.3 is 6.03 Å². The van der Waals surface area contributed by atoms with Crippen molar-refractivity contribution in [3.63, 3.8) is 0 Å². The van der Waals surface area contributed by atoms with Crippen LogP contribution in [0.4, 0.5) is 14.9 Å². The fraction of sp³-hybridized carbons (Fsp3) is 0.500. The molecule has 0 unspecified atom stereocenters. The molecule has 0 atom stereocenters. The molecule has 1 saturated carbocycles. The number of aliphatic hydroxyl groups is 1. The molecule has 20 heavy (non-hydrogen) atoms. The smallest absolute Gasteiger partial charge is 0.319 e. The molecule has 2 amide bonds. The van der Waals surface area contributed by atoms with Gasteiger partial charge in [0.25, 0.3) is 0 Å². The average Bonchev–Trinajstić information content (AvgIpc) is 3.21. The zero-order valence-corrected chi connectivity index (χ0v) is 11.4. The molecular weight excluding hydrogens is 263 g/mol. The second-order valence-electron chi connectivity index (χ2n) is 5.04. The fourth-order valence-electron chi connectivity index (χ4n) is 1.88. The minimum atomic E-state index is -0.420. The van der Waals surface area contributed by atoms with Gasteiger partial charge in [0.1, 0.15) is 11.6 Å². The number of amides is 2. The SMILES string of the molecule is CCOc1cc(F)ccc1NC(=O)NCC1(CO)CC1. The van der Waals surface area contributed by atoms with Crippen LogP contribution in [0.5, 0.6) is 5.75 Å². The van der Waals surface area contributed by atoms with Gasteiger partial charge < -0.3 is 20.5 Å². The van der Waals surface area contributed by atoms with E-state index < -0.39 is 11.8 Å². The number of carbonyl (C=O) groups is 1. The van der Waals surface area contributed by atoms with Gasteiger partial charge in [-0.2, -0.15) is 0 Å². The summed E-state index contributed by atoms with van der Waals surface area (Å²) >= 11 is 0. The van der Waals surface area contributed by atoms with Crippen LogP contribution in [-0.4, -0.2) is 30.9 Å². The van der Waals surface area contributed by atoms with Crippen LogP contribution in [0.1, 0.15) is 19.8 Å². The number of hydrogen-bond donors (Lipinski definition) is 3. The van der Waals surface area contributed by atoms with Crippen molar-refractivity contribution in [1.29, 1.82) is 0 Å². The molecule has 110 valence electrons. The summed E-state index contributed by atoms with van der Waals surface area (Å²) < 4.78 is 18.4. The Hall–Kier alpha value is -1.82. The summed E-state index contributed by atoms with van der Waals surface area (Å²) in [4.78, 5) is 11.8. The molecule has 2 rings (SSSR count). The highest BCUT2D eigenvalue weighted by Crippen LogP contribution is 2.44. The van der Waals surface area contributed by atoms with Gasteiger partial charge in [0.2, 0.25) is 0 Å². The second kappa shape index (κ2) is 6.09. The Morgan fingerprint density at radius 3 is 2.85 bits per heavy atom. The average molecular weight is 282 g/mol. The first-order chi connectivity index (χ1) is 9.58. The molecule has 0 heterocycles. The number of aliphatic hydroxyl groups excluding tert-OH is 1. The van der Waals surface area contributed by atoms with Crippen molar-refractivity contribution in [2.75, 3.05) is 25.1 Å². The maximum Gasteiger partial charge on any atom is 0.319 e. The normalized spacial score (nSPS) is 15.6. The fourth-order valence-corrected chi connectivity index (χ4v) is 1.88. The van der Waals surface area contributed by atoms with E-state index in [0.717, 1.165) is 12.8 Å². The third kappa shape index (κ3) is 3.60. The van der Waals surface area contributed by atoms with E-state index in [2.05, 4.69) is 10.6 Å². The number of nitrogens with one attached hydrogen (secondary N) is 2. The molecule has 0 aliphatic heterocycles. The van der Waals surface area contributed by atoms with Gasteiger partial charge in [0.05, 0.1) is 18.9 Å². The number of ether oxygens (including phenoxy) is 1. The molecular formula is C14H19FN2O3. The van der Waals surface area contributed by atoms with E-state index in [0.29, 0.717) is 24.6 Å². The lowest BCUT2D eigenvalue weighted by molar-refractivity contribution is 0.206. The minimum absolute atomic E-state index is 0.0774. The van der Waals surface area contributed by atoms with Crippen LogP contribution in [0, 0.1) is 11.2 Å². The van der Waals surface area contributed by atoms with Crippen molar-refractivity contribution in [3.05, 3.63) is 24.0 Å². The van der Waals surface area contributed by atoms with Gasteiger partial charge in [-0.3, -0.25) is 0 Å². The molecule has 1 aromatic rings. The summed E-state index contributed by atoms with van der Waals surface area (Å²) in [6, 6.07) is 3.56. The number of anilines is 1. The Bertz CT molecular complexity index is 489. The number of rotatable bonds is 6. The number of carbonyl (C=O) groups excluding carboxylic acids is 1. The van der Waals surface area contributed by atoms with Crippen LogP contribution < -0.4 is 15.4 Å². The van der Waals surface area contributed by atoms with E-state index in [-0.39, 0.29) is 12.0 Å². The first-order valence-electron chi connectivity index (χ1n) is 6.67. The van der Waals surface area contributed by atoms with E-state index in [1.807, 2.05) is 0 Å². The minimum Gasteiger partial charge on any atom is -0.492 e. The van der Waals surface area contributed by atoms with Crippen LogP contribution in [0.15, 0.2) is 18.2 Å². The van der Waals surface area contributed by atoms with E-state index in [9.17, 15) is 14.3 Å². The van der Waals surface area contributed by atoms with Crippen molar-refractivity contribution in [3.8, 4) is 5.75 Å². The van der Waals surface area contributed by atoms with Crippen molar-refractivity contribution in [2.45, 2.75) is 19.8 Å². The molecule has 0 aromatic heterocycles. The number of halogens is 1. The lowest BCUT2D eigenvalue weighted by Crippen LogP contribution is -2.35. The van der Waals surface area contributed by atoms with E-state index in [1.165, 1.54) is 18.2 Å². The maximum absolute atomic E-state index is 13.1. The van der Waals surface area contributed by atoms with Crippen LogP contribution in [-0.2, 0) is 0 Å². The molecule has 1 aliphatic rings. The van der Waals surface area contributed by atoms with Gasteiger partial charge in [0.15, 0.2) is 0 Å². The second-order valence-corrected chi connectivity index (χ2v) is 5.04. The quantitative estimate of drug-likeness (QED) is 0.748. The lowest BCUT2D eigenvalue weighted by atomic mass is 10.1. The zero-order valence-electron chi connectivity index (χ0n) is 11.4. The van der Waals surface area contributed by atoms with Gasteiger partial charge in [-0.25, -0.2) is 9.18 Å². The van der Waals surface area contributed by atoms with Crippen molar-refractivity contribution in [1.82, 2.24) is 5.32 Å². The summed E-state index contributed by atoms with van der Waals surface area (Å²) in [6.07, 6.45) is 1.84. The Kier molecular flexibility index (Phi) is 4.44. The van der Waals surface area contributed by atoms with Crippen LogP contribution in [0.3, 0.4) is 0 Å². The zero-order chi connectivity index (χ0) is 14.6. The Morgan fingerprint density at radius 1 is 1.50 bits per heavy atom. The predicted molar refractivity (Wildman–Crippen MR) is 73.3 cm³/mol. The highest BCUT2D eigenvalue weighted by Gasteiger charge is 2.42. The first kappa shape index (κ1) is 14.6. The molecule has 1 aromatic carbocycles. The first-order valence-corrected chi connectivity index (χ1v) is 6.67. The summed E-state index contributed by atoms with van der Waals surface area (Å²) in [5.41, 5.74) is 0.266. The molecule has 6 heteroatoms. The maximum atomic E-state index is 13.1. The topological polar surface area (TPSA) is 70.6 Å². The van der Waals surface area contributed by atoms with Crippen molar-refractivity contribution < 1.29 is 19.0 Å². The number of urea groups is 1. The highest BCUT2D eigenvalue weighted by molar-refractivity contribution is 5.90. The number of hydrogen-bond acceptors (Lipinski definition) is 3. The van der Waals surface area contributed by atoms with E-state index in [4.69, 9.17) is 4.74 Å². The van der Waals surface area contributed by atoms with Crippen LogP contribution in [0.2, 0.25) is 0 Å². The van der Waals surface area contributed by atoms with Gasteiger partial charge in [-0.05, 0) is 31.9 Å². The molecule has 0 radical (unpaired) electrons. The Labute approximate surface area is 117 Å². The van der Waals surface area contributed by atoms with Crippen molar-refractivity contribution in [2.24, 2.45) is 5.41 Å². The molecule has 0 spiro atoms. The summed E-state index contributed by atoms with van der Waals surface area (Å²) in [7, 11) is 0. The lowest BCUT2D eigenvalue weighted by Gasteiger charge is -2.15. The molecule has 0 saturated heterocycles. The monoisotopic (exact) mass is 282 g/mol. The number of benzene rings is 1. The Balaban J connectivity index is 1.93. The summed E-state index contributed by atoms with van der Waals surface area (Å²) in [6.45, 7) is 2.68. The highest BCUT2D eigenvalue weighted by atomic mass is 19.1. The third-order valence-corrected chi connectivity index (χ3v) is 3.41. The van der Waals surface area contributed by atoms with Gasteiger partial charge in [-0.15, -0.1) is 0 Å². The predicted octanol–water partition coefficient (Wildman–Crippen LogP) is 2.12. The van der Waals surface area contributed by atoms with Gasteiger partial charge in [0, 0.05) is 18.0 Å². The molecule has 0 bridgehead atoms. The van der Waals surface area contributed by atoms with Crippen molar-refractivity contribution >= 4 is 11.7 Å². The summed E-state index contributed by atoms with van der Waals surface area (Å²) in [5.74, 6) is -0.123. The standard InChI is InChI=1S/C14H19FN2O3/c1-2-20-12-7-10(15)3-4-11(12)17-13(19)16-8-14(9-18)5-6-14/h3-4,7,18H,2,5-6,8-9H2,1H3,(H2,16,17,19). The van der Waals surface area contributed by atoms with Gasteiger partial charge in [-0.1, -0.05) is 0 Å². The summed E-state index contributed by atoms with van der Waals surface area (Å²) in [5, 5.41) is 14.5. The molecule has 1 fully saturated rings. The molecule has 5 nitrogen and oxygen atoms in total.